The van der Waals surface area contributed by atoms with E-state index in [-0.39, 0.29) is 24.2 Å². The molecular formula is C22H20O2. The maximum absolute atomic E-state index is 12.5. The summed E-state index contributed by atoms with van der Waals surface area (Å²) in [5, 5.41) is 0. The minimum absolute atomic E-state index is 0.0955. The van der Waals surface area contributed by atoms with Crippen molar-refractivity contribution in [1.82, 2.24) is 0 Å². The van der Waals surface area contributed by atoms with Gasteiger partial charge in [-0.05, 0) is 60.9 Å². The fourth-order valence-corrected chi connectivity index (χ4v) is 3.31. The molecule has 2 aromatic carbocycles. The van der Waals surface area contributed by atoms with E-state index in [2.05, 4.69) is 18.2 Å². The summed E-state index contributed by atoms with van der Waals surface area (Å²) in [6, 6.07) is 17.2. The Morgan fingerprint density at radius 2 is 1.79 bits per heavy atom. The molecule has 0 heterocycles. The molecule has 2 aromatic rings. The van der Waals surface area contributed by atoms with Crippen LogP contribution >= 0.6 is 0 Å². The molecule has 3 atom stereocenters. The SMILES string of the molecule is [2H]C1[C@H]2c3ccccc3C(C(OC(=O)c3ccccc3)=C(C)C)=C[C@@H]12. The average molecular weight is 317 g/mol. The Balaban J connectivity index is 1.72. The largest absolute Gasteiger partial charge is 0.422 e. The molecule has 2 nitrogen and oxygen atoms in total. The van der Waals surface area contributed by atoms with Gasteiger partial charge >= 0.3 is 5.97 Å². The molecule has 120 valence electrons. The highest BCUT2D eigenvalue weighted by molar-refractivity contribution is 5.93. The Kier molecular flexibility index (Phi) is 3.33. The van der Waals surface area contributed by atoms with Gasteiger partial charge < -0.3 is 4.74 Å². The van der Waals surface area contributed by atoms with Crippen molar-refractivity contribution in [2.75, 3.05) is 0 Å². The third-order valence-electron chi connectivity index (χ3n) is 4.58. The number of hydrogen-bond donors (Lipinski definition) is 0. The highest BCUT2D eigenvalue weighted by atomic mass is 16.5. The van der Waals surface area contributed by atoms with Gasteiger partial charge in [-0.2, -0.15) is 0 Å². The Labute approximate surface area is 143 Å². The molecular weight excluding hydrogens is 296 g/mol. The Hall–Kier alpha value is -2.61. The molecule has 0 spiro atoms. The normalized spacial score (nSPS) is 24.0. The van der Waals surface area contributed by atoms with E-state index in [9.17, 15) is 4.79 Å². The second-order valence-corrected chi connectivity index (χ2v) is 6.55. The van der Waals surface area contributed by atoms with E-state index in [0.29, 0.717) is 11.3 Å². The van der Waals surface area contributed by atoms with Crippen molar-refractivity contribution in [1.29, 1.82) is 0 Å². The lowest BCUT2D eigenvalue weighted by Crippen LogP contribution is -2.10. The minimum atomic E-state index is -0.351. The van der Waals surface area contributed by atoms with E-state index in [0.717, 1.165) is 16.7 Å². The molecule has 0 saturated heterocycles. The topological polar surface area (TPSA) is 26.3 Å². The molecule has 0 aromatic heterocycles. The summed E-state index contributed by atoms with van der Waals surface area (Å²) in [5.74, 6) is 0.757. The second-order valence-electron chi connectivity index (χ2n) is 6.55. The Bertz CT molecular complexity index is 891. The summed E-state index contributed by atoms with van der Waals surface area (Å²) in [7, 11) is 0. The molecule has 1 fully saturated rings. The summed E-state index contributed by atoms with van der Waals surface area (Å²) in [6.07, 6.45) is 2.02. The van der Waals surface area contributed by atoms with Gasteiger partial charge in [-0.1, -0.05) is 48.5 Å². The van der Waals surface area contributed by atoms with Crippen LogP contribution in [0.5, 0.6) is 0 Å². The lowest BCUT2D eigenvalue weighted by atomic mass is 9.89. The number of allylic oxidation sites excluding steroid dienone is 3. The van der Waals surface area contributed by atoms with E-state index in [1.165, 1.54) is 5.56 Å². The summed E-state index contributed by atoms with van der Waals surface area (Å²) < 4.78 is 14.0. The third kappa shape index (κ3) is 2.58. The standard InChI is InChI=1S/C22H20O2/c1-14(2)21(24-22(23)15-8-4-3-5-9-15)20-13-16-12-19(16)17-10-6-7-11-18(17)20/h3-11,13,16,19H,12H2,1-2H3/t16-,19-/m1/s1/i12D/t12?,16-,19-. The molecule has 0 aliphatic heterocycles. The van der Waals surface area contributed by atoms with Crippen molar-refractivity contribution >= 4 is 11.5 Å². The highest BCUT2D eigenvalue weighted by Gasteiger charge is 2.42. The van der Waals surface area contributed by atoms with E-state index >= 15 is 0 Å². The van der Waals surface area contributed by atoms with Crippen LogP contribution in [0.3, 0.4) is 0 Å². The zero-order chi connectivity index (χ0) is 17.6. The predicted octanol–water partition coefficient (Wildman–Crippen LogP) is 5.34. The smallest absolute Gasteiger partial charge is 0.343 e. The van der Waals surface area contributed by atoms with Crippen molar-refractivity contribution in [3.05, 3.63) is 88.7 Å². The van der Waals surface area contributed by atoms with Crippen LogP contribution in [0.25, 0.3) is 5.57 Å². The number of hydrogen-bond acceptors (Lipinski definition) is 2. The van der Waals surface area contributed by atoms with Crippen LogP contribution in [-0.2, 0) is 4.74 Å². The van der Waals surface area contributed by atoms with E-state index in [4.69, 9.17) is 6.11 Å². The first kappa shape index (κ1) is 13.8. The molecule has 24 heavy (non-hydrogen) atoms. The Morgan fingerprint density at radius 3 is 2.54 bits per heavy atom. The molecule has 1 unspecified atom stereocenters. The van der Waals surface area contributed by atoms with Crippen molar-refractivity contribution in [3.8, 4) is 0 Å². The molecule has 0 radical (unpaired) electrons. The van der Waals surface area contributed by atoms with E-state index < -0.39 is 0 Å². The number of benzene rings is 2. The third-order valence-corrected chi connectivity index (χ3v) is 4.58. The first-order valence-corrected chi connectivity index (χ1v) is 8.26. The molecule has 1 saturated carbocycles. The molecule has 0 bridgehead atoms. The lowest BCUT2D eigenvalue weighted by molar-refractivity contribution is 0.0637. The van der Waals surface area contributed by atoms with Gasteiger partial charge in [-0.25, -0.2) is 4.79 Å². The van der Waals surface area contributed by atoms with Crippen LogP contribution in [0.15, 0.2) is 72.0 Å². The second kappa shape index (κ2) is 5.79. The molecule has 2 heteroatoms. The molecule has 2 aliphatic carbocycles. The van der Waals surface area contributed by atoms with Crippen LogP contribution in [-0.4, -0.2) is 5.97 Å². The van der Waals surface area contributed by atoms with E-state index in [1.807, 2.05) is 44.2 Å². The van der Waals surface area contributed by atoms with Gasteiger partial charge in [0.05, 0.1) is 5.56 Å². The van der Waals surface area contributed by atoms with Gasteiger partial charge in [-0.3, -0.25) is 0 Å². The van der Waals surface area contributed by atoms with Gasteiger partial charge in [0.1, 0.15) is 5.76 Å². The number of carbonyl (C=O) groups is 1. The summed E-state index contributed by atoms with van der Waals surface area (Å²) in [6.45, 7) is 3.91. The number of fused-ring (bicyclic) bond motifs is 3. The molecule has 4 rings (SSSR count). The molecule has 0 N–H and O–H groups in total. The number of carbonyl (C=O) groups excluding carboxylic acids is 1. The average Bonchev–Trinajstić information content (AvgIpc) is 3.29. The predicted molar refractivity (Wildman–Crippen MR) is 95.5 cm³/mol. The van der Waals surface area contributed by atoms with Crippen LogP contribution in [0.2, 0.25) is 0 Å². The number of ether oxygens (including phenoxy) is 1. The van der Waals surface area contributed by atoms with Crippen LogP contribution in [0.1, 0.15) is 49.0 Å². The van der Waals surface area contributed by atoms with Crippen molar-refractivity contribution in [3.63, 3.8) is 0 Å². The van der Waals surface area contributed by atoms with Gasteiger partial charge in [0.25, 0.3) is 0 Å². The molecule has 0 amide bonds. The van der Waals surface area contributed by atoms with Gasteiger partial charge in [-0.15, -0.1) is 0 Å². The van der Waals surface area contributed by atoms with Crippen LogP contribution in [0.4, 0.5) is 0 Å². The zero-order valence-electron chi connectivity index (χ0n) is 14.8. The highest BCUT2D eigenvalue weighted by Crippen LogP contribution is 2.55. The summed E-state index contributed by atoms with van der Waals surface area (Å²) in [4.78, 5) is 12.5. The van der Waals surface area contributed by atoms with Crippen LogP contribution in [0, 0.1) is 5.92 Å². The maximum atomic E-state index is 12.5. The summed E-state index contributed by atoms with van der Waals surface area (Å²) >= 11 is 0. The van der Waals surface area contributed by atoms with Crippen molar-refractivity contribution in [2.45, 2.75) is 26.2 Å². The van der Waals surface area contributed by atoms with Gasteiger partial charge in [0.15, 0.2) is 0 Å². The lowest BCUT2D eigenvalue weighted by Gasteiger charge is -2.20. The van der Waals surface area contributed by atoms with Gasteiger partial charge in [0.2, 0.25) is 0 Å². The maximum Gasteiger partial charge on any atom is 0.343 e. The number of esters is 1. The molecule has 2 aliphatic rings. The Morgan fingerprint density at radius 1 is 1.08 bits per heavy atom. The van der Waals surface area contributed by atoms with Gasteiger partial charge in [0, 0.05) is 6.94 Å². The van der Waals surface area contributed by atoms with Crippen molar-refractivity contribution < 1.29 is 10.9 Å². The van der Waals surface area contributed by atoms with E-state index in [1.54, 1.807) is 12.1 Å². The quantitative estimate of drug-likeness (QED) is 0.564. The minimum Gasteiger partial charge on any atom is -0.422 e. The van der Waals surface area contributed by atoms with Crippen LogP contribution < -0.4 is 0 Å². The first-order chi connectivity index (χ1) is 12.1. The summed E-state index contributed by atoms with van der Waals surface area (Å²) in [5.41, 5.74) is 4.70. The first-order valence-electron chi connectivity index (χ1n) is 8.84. The zero-order valence-corrected chi connectivity index (χ0v) is 13.8. The fourth-order valence-electron chi connectivity index (χ4n) is 3.31. The fraction of sp³-hybridized carbons (Fsp3) is 0.227. The monoisotopic (exact) mass is 317 g/mol. The van der Waals surface area contributed by atoms with Crippen molar-refractivity contribution in [2.24, 2.45) is 5.92 Å². The number of rotatable bonds is 3.